The predicted octanol–water partition coefficient (Wildman–Crippen LogP) is 7.59. The Balaban J connectivity index is 1.65. The fourth-order valence-corrected chi connectivity index (χ4v) is 4.39. The highest BCUT2D eigenvalue weighted by Crippen LogP contribution is 2.23. The maximum absolute atomic E-state index is 12.5. The van der Waals surface area contributed by atoms with Gasteiger partial charge < -0.3 is 10.1 Å². The second-order valence-electron chi connectivity index (χ2n) is 9.43. The molecule has 0 aliphatic heterocycles. The molecule has 2 aromatic rings. The Bertz CT molecular complexity index is 1080. The minimum absolute atomic E-state index is 0.145. The maximum atomic E-state index is 12.5. The van der Waals surface area contributed by atoms with Crippen molar-refractivity contribution in [1.29, 1.82) is 0 Å². The second kappa shape index (κ2) is 19.4. The van der Waals surface area contributed by atoms with Crippen LogP contribution in [0.25, 0.3) is 0 Å². The van der Waals surface area contributed by atoms with Gasteiger partial charge in [-0.1, -0.05) is 98.7 Å². The van der Waals surface area contributed by atoms with Crippen LogP contribution in [0.3, 0.4) is 0 Å². The molecule has 2 N–H and O–H groups in total. The van der Waals surface area contributed by atoms with Gasteiger partial charge in [0.2, 0.25) is 5.91 Å². The molecule has 0 atom stereocenters. The quantitative estimate of drug-likeness (QED) is 0.0590. The van der Waals surface area contributed by atoms with Crippen molar-refractivity contribution in [2.75, 3.05) is 6.54 Å². The molecule has 7 nitrogen and oxygen atoms in total. The summed E-state index contributed by atoms with van der Waals surface area (Å²) < 4.78 is 6.24. The number of amides is 2. The highest BCUT2D eigenvalue weighted by molar-refractivity contribution is 9.10. The first-order chi connectivity index (χ1) is 18.9. The molecule has 0 heterocycles. The zero-order valence-electron chi connectivity index (χ0n) is 22.6. The lowest BCUT2D eigenvalue weighted by Gasteiger charge is -2.08. The number of carbonyl (C=O) groups excluding carboxylic acids is 3. The average Bonchev–Trinajstić information content (AvgIpc) is 2.92. The topological polar surface area (TPSA) is 96.9 Å². The fourth-order valence-electron chi connectivity index (χ4n) is 3.89. The van der Waals surface area contributed by atoms with Gasteiger partial charge in [-0.05, 0) is 48.9 Å². The largest absolute Gasteiger partial charge is 0.422 e. The molecule has 0 aliphatic carbocycles. The van der Waals surface area contributed by atoms with Gasteiger partial charge in [0.05, 0.1) is 18.3 Å². The van der Waals surface area contributed by atoms with E-state index in [1.165, 1.54) is 57.6 Å². The van der Waals surface area contributed by atoms with Crippen molar-refractivity contribution in [3.05, 3.63) is 63.1 Å². The number of esters is 1. The fraction of sp³-hybridized carbons (Fsp3) is 0.467. The zero-order chi connectivity index (χ0) is 28.3. The normalized spacial score (nSPS) is 10.9. The van der Waals surface area contributed by atoms with Crippen LogP contribution in [0.15, 0.2) is 52.0 Å². The summed E-state index contributed by atoms with van der Waals surface area (Å²) in [6.45, 7) is 2.07. The second-order valence-corrected chi connectivity index (χ2v) is 10.8. The number of unbranched alkanes of at least 4 members (excludes halogenated alkanes) is 10. The van der Waals surface area contributed by atoms with Crippen molar-refractivity contribution in [3.8, 4) is 5.75 Å². The Morgan fingerprint density at radius 1 is 0.872 bits per heavy atom. The summed E-state index contributed by atoms with van der Waals surface area (Å²) in [6, 6.07) is 11.4. The maximum Gasteiger partial charge on any atom is 0.343 e. The smallest absolute Gasteiger partial charge is 0.343 e. The van der Waals surface area contributed by atoms with E-state index in [2.05, 4.69) is 38.7 Å². The lowest BCUT2D eigenvalue weighted by atomic mass is 10.1. The number of nitrogens with zero attached hydrogens (tertiary/aromatic N) is 1. The van der Waals surface area contributed by atoms with E-state index >= 15 is 0 Å². The van der Waals surface area contributed by atoms with Crippen LogP contribution in [0.1, 0.15) is 99.9 Å². The van der Waals surface area contributed by atoms with Gasteiger partial charge >= 0.3 is 5.97 Å². The number of hydrogen-bond acceptors (Lipinski definition) is 5. The Labute approximate surface area is 245 Å². The van der Waals surface area contributed by atoms with Gasteiger partial charge in [-0.2, -0.15) is 5.10 Å². The van der Waals surface area contributed by atoms with E-state index < -0.39 is 11.9 Å². The van der Waals surface area contributed by atoms with E-state index in [1.807, 2.05) is 0 Å². The number of hydrogen-bond donors (Lipinski definition) is 2. The number of nitrogens with one attached hydrogen (secondary N) is 2. The van der Waals surface area contributed by atoms with Crippen LogP contribution in [0.4, 0.5) is 0 Å². The van der Waals surface area contributed by atoms with Crippen LogP contribution in [-0.2, 0) is 9.59 Å². The summed E-state index contributed by atoms with van der Waals surface area (Å²) in [4.78, 5) is 36.6. The van der Waals surface area contributed by atoms with Crippen LogP contribution < -0.4 is 15.5 Å². The highest BCUT2D eigenvalue weighted by atomic mass is 79.9. The molecule has 0 saturated carbocycles. The molecule has 0 fully saturated rings. The van der Waals surface area contributed by atoms with Gasteiger partial charge in [-0.3, -0.25) is 9.59 Å². The van der Waals surface area contributed by atoms with Gasteiger partial charge in [0.25, 0.3) is 5.91 Å². The average molecular weight is 621 g/mol. The van der Waals surface area contributed by atoms with Crippen molar-refractivity contribution in [2.24, 2.45) is 5.10 Å². The minimum atomic E-state index is -0.548. The number of hydrazone groups is 1. The lowest BCUT2D eigenvalue weighted by Crippen LogP contribution is -2.34. The molecule has 0 saturated heterocycles. The molecule has 0 bridgehead atoms. The lowest BCUT2D eigenvalue weighted by molar-refractivity contribution is -0.126. The third-order valence-corrected chi connectivity index (χ3v) is 6.85. The van der Waals surface area contributed by atoms with Crippen molar-refractivity contribution >= 4 is 51.5 Å². The first-order valence-corrected chi connectivity index (χ1v) is 14.9. The number of carbonyl (C=O) groups is 3. The molecule has 0 aromatic heterocycles. The van der Waals surface area contributed by atoms with Gasteiger partial charge in [-0.25, -0.2) is 10.2 Å². The SMILES string of the molecule is CCCCCCCCCCCCCC(=O)NCC(=O)N/N=C/c1cc(Br)ccc1OC(=O)c1ccc(Cl)cc1. The summed E-state index contributed by atoms with van der Waals surface area (Å²) in [6.07, 6.45) is 15.2. The van der Waals surface area contributed by atoms with E-state index in [0.717, 1.165) is 23.7 Å². The predicted molar refractivity (Wildman–Crippen MR) is 160 cm³/mol. The van der Waals surface area contributed by atoms with Crippen molar-refractivity contribution in [3.63, 3.8) is 0 Å². The summed E-state index contributed by atoms with van der Waals surface area (Å²) in [7, 11) is 0. The molecule has 0 unspecified atom stereocenters. The number of rotatable bonds is 18. The Morgan fingerprint density at radius 2 is 1.49 bits per heavy atom. The number of benzene rings is 2. The number of halogens is 2. The van der Waals surface area contributed by atoms with Crippen molar-refractivity contribution < 1.29 is 19.1 Å². The summed E-state index contributed by atoms with van der Waals surface area (Å²) in [5, 5.41) is 7.08. The van der Waals surface area contributed by atoms with E-state index in [1.54, 1.807) is 42.5 Å². The van der Waals surface area contributed by atoms with Gasteiger partial charge in [0.15, 0.2) is 0 Å². The zero-order valence-corrected chi connectivity index (χ0v) is 25.0. The number of ether oxygens (including phenoxy) is 1. The third kappa shape index (κ3) is 14.3. The van der Waals surface area contributed by atoms with Crippen LogP contribution >= 0.6 is 27.5 Å². The third-order valence-electron chi connectivity index (χ3n) is 6.10. The van der Waals surface area contributed by atoms with Crippen molar-refractivity contribution in [2.45, 2.75) is 84.0 Å². The summed E-state index contributed by atoms with van der Waals surface area (Å²) in [5.41, 5.74) is 3.21. The standard InChI is InChI=1S/C30H39BrClN3O4/c1-2-3-4-5-6-7-8-9-10-11-12-13-28(36)33-22-29(37)35-34-21-24-20-25(31)16-19-27(24)39-30(38)23-14-17-26(32)18-15-23/h14-21H,2-13,22H2,1H3,(H,33,36)(H,35,37)/b34-21+. The van der Waals surface area contributed by atoms with Crippen molar-refractivity contribution in [1.82, 2.24) is 10.7 Å². The van der Waals surface area contributed by atoms with Crippen LogP contribution in [0.5, 0.6) is 5.75 Å². The molecule has 2 aromatic carbocycles. The summed E-state index contributed by atoms with van der Waals surface area (Å²) in [5.74, 6) is -0.869. The first-order valence-electron chi connectivity index (χ1n) is 13.7. The molecule has 0 aliphatic rings. The summed E-state index contributed by atoms with van der Waals surface area (Å²) >= 11 is 9.25. The Kier molecular flexibility index (Phi) is 16.1. The molecule has 2 rings (SSSR count). The van der Waals surface area contributed by atoms with Crippen LogP contribution in [-0.4, -0.2) is 30.5 Å². The van der Waals surface area contributed by atoms with Gasteiger partial charge in [-0.15, -0.1) is 0 Å². The minimum Gasteiger partial charge on any atom is -0.422 e. The molecular formula is C30H39BrClN3O4. The molecule has 2 amide bonds. The first kappa shape index (κ1) is 32.5. The molecule has 9 heteroatoms. The van der Waals surface area contributed by atoms with E-state index in [0.29, 0.717) is 22.6 Å². The molecule has 39 heavy (non-hydrogen) atoms. The highest BCUT2D eigenvalue weighted by Gasteiger charge is 2.12. The molecular weight excluding hydrogens is 582 g/mol. The van der Waals surface area contributed by atoms with E-state index in [4.69, 9.17) is 16.3 Å². The van der Waals surface area contributed by atoms with Crippen LogP contribution in [0, 0.1) is 0 Å². The van der Waals surface area contributed by atoms with E-state index in [-0.39, 0.29) is 18.2 Å². The Morgan fingerprint density at radius 3 is 2.13 bits per heavy atom. The van der Waals surface area contributed by atoms with Gasteiger partial charge in [0, 0.05) is 21.5 Å². The van der Waals surface area contributed by atoms with E-state index in [9.17, 15) is 14.4 Å². The monoisotopic (exact) mass is 619 g/mol. The van der Waals surface area contributed by atoms with Gasteiger partial charge in [0.1, 0.15) is 5.75 Å². The molecule has 0 spiro atoms. The van der Waals surface area contributed by atoms with Crippen LogP contribution in [0.2, 0.25) is 5.02 Å². The molecule has 0 radical (unpaired) electrons. The Hall–Kier alpha value is -2.71. The molecule has 212 valence electrons.